The number of carbonyl (C=O) groups is 3. The van der Waals surface area contributed by atoms with Gasteiger partial charge in [-0.1, -0.05) is 24.4 Å². The van der Waals surface area contributed by atoms with Crippen LogP contribution < -0.4 is 14.4 Å². The molecule has 2 aliphatic rings. The van der Waals surface area contributed by atoms with Gasteiger partial charge < -0.3 is 14.4 Å². The number of hydrogen-bond acceptors (Lipinski definition) is 5. The minimum Gasteiger partial charge on any atom is -0.493 e. The van der Waals surface area contributed by atoms with Gasteiger partial charge in [-0.3, -0.25) is 14.4 Å². The second-order valence-corrected chi connectivity index (χ2v) is 8.42. The maximum atomic E-state index is 13.7. The first-order valence-electron chi connectivity index (χ1n) is 10.6. The highest BCUT2D eigenvalue weighted by atomic mass is 35.5. The molecule has 0 radical (unpaired) electrons. The van der Waals surface area contributed by atoms with Crippen LogP contribution in [-0.4, -0.2) is 48.9 Å². The van der Waals surface area contributed by atoms with Crippen molar-refractivity contribution in [3.05, 3.63) is 53.1 Å². The van der Waals surface area contributed by atoms with Gasteiger partial charge in [0.2, 0.25) is 5.91 Å². The Balaban J connectivity index is 1.68. The minimum atomic E-state index is -0.845. The Kier molecular flexibility index (Phi) is 6.37. The van der Waals surface area contributed by atoms with Crippen LogP contribution in [-0.2, 0) is 9.59 Å². The van der Waals surface area contributed by atoms with Gasteiger partial charge in [0.15, 0.2) is 11.5 Å². The highest BCUT2D eigenvalue weighted by Gasteiger charge is 2.47. The van der Waals surface area contributed by atoms with Crippen LogP contribution in [0.15, 0.2) is 42.5 Å². The predicted octanol–water partition coefficient (Wildman–Crippen LogP) is 4.07. The van der Waals surface area contributed by atoms with Gasteiger partial charge in [0.1, 0.15) is 6.04 Å². The molecule has 2 fully saturated rings. The standard InChI is InChI=1S/C24H25ClN2O5/c1-31-20-12-7-15(13-21(20)32-2)23(29)26(17-5-3-4-6-17)19-14-22(28)27(24(19)30)18-10-8-16(25)9-11-18/h7-13,17,19H,3-6,14H2,1-2H3. The first kappa shape index (κ1) is 22.1. The Morgan fingerprint density at radius 2 is 1.66 bits per heavy atom. The number of imide groups is 1. The summed E-state index contributed by atoms with van der Waals surface area (Å²) in [4.78, 5) is 42.7. The number of carbonyl (C=O) groups excluding carboxylic acids is 3. The highest BCUT2D eigenvalue weighted by molar-refractivity contribution is 6.31. The topological polar surface area (TPSA) is 76.2 Å². The van der Waals surface area contributed by atoms with E-state index >= 15 is 0 Å². The molecular weight excluding hydrogens is 432 g/mol. The molecule has 0 aromatic heterocycles. The molecule has 1 aliphatic carbocycles. The molecule has 7 nitrogen and oxygen atoms in total. The monoisotopic (exact) mass is 456 g/mol. The fourth-order valence-corrected chi connectivity index (χ4v) is 4.68. The molecule has 1 heterocycles. The van der Waals surface area contributed by atoms with Crippen LogP contribution >= 0.6 is 11.6 Å². The van der Waals surface area contributed by atoms with Crippen molar-refractivity contribution in [1.82, 2.24) is 4.90 Å². The average molecular weight is 457 g/mol. The van der Waals surface area contributed by atoms with E-state index in [1.807, 2.05) is 0 Å². The normalized spacial score (nSPS) is 18.8. The predicted molar refractivity (Wildman–Crippen MR) is 120 cm³/mol. The summed E-state index contributed by atoms with van der Waals surface area (Å²) in [6, 6.07) is 10.5. The third-order valence-electron chi connectivity index (χ3n) is 6.13. The van der Waals surface area contributed by atoms with Gasteiger partial charge in [-0.25, -0.2) is 4.90 Å². The van der Waals surface area contributed by atoms with Crippen LogP contribution in [0.4, 0.5) is 5.69 Å². The molecule has 1 saturated carbocycles. The summed E-state index contributed by atoms with van der Waals surface area (Å²) in [7, 11) is 3.03. The summed E-state index contributed by atoms with van der Waals surface area (Å²) < 4.78 is 10.6. The van der Waals surface area contributed by atoms with Crippen LogP contribution in [0.5, 0.6) is 11.5 Å². The third kappa shape index (κ3) is 4.05. The summed E-state index contributed by atoms with van der Waals surface area (Å²) in [5.74, 6) is -0.0655. The van der Waals surface area contributed by atoms with E-state index in [9.17, 15) is 14.4 Å². The van der Waals surface area contributed by atoms with Gasteiger partial charge in [-0.2, -0.15) is 0 Å². The molecule has 2 aromatic rings. The number of benzene rings is 2. The maximum Gasteiger partial charge on any atom is 0.257 e. The minimum absolute atomic E-state index is 0.0447. The van der Waals surface area contributed by atoms with Gasteiger partial charge in [0.25, 0.3) is 11.8 Å². The van der Waals surface area contributed by atoms with E-state index in [2.05, 4.69) is 0 Å². The van der Waals surface area contributed by atoms with Crippen molar-refractivity contribution < 1.29 is 23.9 Å². The van der Waals surface area contributed by atoms with Gasteiger partial charge >= 0.3 is 0 Å². The molecule has 4 rings (SSSR count). The van der Waals surface area contributed by atoms with E-state index in [-0.39, 0.29) is 24.3 Å². The molecule has 0 N–H and O–H groups in total. The Morgan fingerprint density at radius 3 is 2.28 bits per heavy atom. The summed E-state index contributed by atoms with van der Waals surface area (Å²) >= 11 is 5.95. The summed E-state index contributed by atoms with van der Waals surface area (Å²) in [6.45, 7) is 0. The van der Waals surface area contributed by atoms with Crippen LogP contribution in [0.2, 0.25) is 5.02 Å². The number of nitrogens with zero attached hydrogens (tertiary/aromatic N) is 2. The Morgan fingerprint density at radius 1 is 1.00 bits per heavy atom. The molecule has 0 spiro atoms. The van der Waals surface area contributed by atoms with E-state index in [0.717, 1.165) is 30.6 Å². The van der Waals surface area contributed by atoms with Gasteiger partial charge in [-0.15, -0.1) is 0 Å². The summed E-state index contributed by atoms with van der Waals surface area (Å²) in [5.41, 5.74) is 0.844. The first-order valence-corrected chi connectivity index (χ1v) is 11.0. The fraction of sp³-hybridized carbons (Fsp3) is 0.375. The molecule has 1 saturated heterocycles. The molecule has 1 aliphatic heterocycles. The third-order valence-corrected chi connectivity index (χ3v) is 6.38. The number of anilines is 1. The number of hydrogen-bond donors (Lipinski definition) is 0. The number of halogens is 1. The largest absolute Gasteiger partial charge is 0.493 e. The van der Waals surface area contributed by atoms with Crippen LogP contribution in [0.1, 0.15) is 42.5 Å². The Hall–Kier alpha value is -3.06. The van der Waals surface area contributed by atoms with E-state index in [1.165, 1.54) is 14.2 Å². The van der Waals surface area contributed by atoms with Crippen LogP contribution in [0.25, 0.3) is 0 Å². The van der Waals surface area contributed by atoms with Gasteiger partial charge in [0, 0.05) is 16.6 Å². The van der Waals surface area contributed by atoms with E-state index in [1.54, 1.807) is 47.4 Å². The van der Waals surface area contributed by atoms with Crippen molar-refractivity contribution >= 4 is 35.0 Å². The highest BCUT2D eigenvalue weighted by Crippen LogP contribution is 2.34. The number of methoxy groups -OCH3 is 2. The van der Waals surface area contributed by atoms with Crippen molar-refractivity contribution in [2.24, 2.45) is 0 Å². The molecule has 8 heteroatoms. The Bertz CT molecular complexity index is 1030. The summed E-state index contributed by atoms with van der Waals surface area (Å²) in [6.07, 6.45) is 3.53. The van der Waals surface area contributed by atoms with Crippen molar-refractivity contribution in [3.8, 4) is 11.5 Å². The second kappa shape index (κ2) is 9.20. The van der Waals surface area contributed by atoms with Crippen molar-refractivity contribution in [2.45, 2.75) is 44.2 Å². The lowest BCUT2D eigenvalue weighted by Gasteiger charge is -2.33. The van der Waals surface area contributed by atoms with Gasteiger partial charge in [0.05, 0.1) is 26.3 Å². The Labute approximate surface area is 191 Å². The number of amides is 3. The van der Waals surface area contributed by atoms with Crippen LogP contribution in [0, 0.1) is 0 Å². The van der Waals surface area contributed by atoms with Crippen LogP contribution in [0.3, 0.4) is 0 Å². The molecule has 2 aromatic carbocycles. The molecule has 1 atom stereocenters. The fourth-order valence-electron chi connectivity index (χ4n) is 4.56. The first-order chi connectivity index (χ1) is 15.4. The SMILES string of the molecule is COc1ccc(C(=O)N(C2CCCC2)C2CC(=O)N(c3ccc(Cl)cc3)C2=O)cc1OC. The smallest absolute Gasteiger partial charge is 0.257 e. The van der Waals surface area contributed by atoms with E-state index in [4.69, 9.17) is 21.1 Å². The molecular formula is C24H25ClN2O5. The maximum absolute atomic E-state index is 13.7. The molecule has 1 unspecified atom stereocenters. The van der Waals surface area contributed by atoms with Crippen molar-refractivity contribution in [3.63, 3.8) is 0 Å². The quantitative estimate of drug-likeness (QED) is 0.612. The molecule has 3 amide bonds. The van der Waals surface area contributed by atoms with E-state index < -0.39 is 11.9 Å². The van der Waals surface area contributed by atoms with Gasteiger partial charge in [-0.05, 0) is 55.3 Å². The lowest BCUT2D eigenvalue weighted by Crippen LogP contribution is -2.50. The molecule has 168 valence electrons. The summed E-state index contributed by atoms with van der Waals surface area (Å²) in [5, 5.41) is 0.514. The average Bonchev–Trinajstić information content (AvgIpc) is 3.43. The van der Waals surface area contributed by atoms with Crippen molar-refractivity contribution in [1.29, 1.82) is 0 Å². The van der Waals surface area contributed by atoms with Crippen molar-refractivity contribution in [2.75, 3.05) is 19.1 Å². The second-order valence-electron chi connectivity index (χ2n) is 7.98. The zero-order valence-corrected chi connectivity index (χ0v) is 18.8. The molecule has 32 heavy (non-hydrogen) atoms. The number of ether oxygens (including phenoxy) is 2. The lowest BCUT2D eigenvalue weighted by molar-refractivity contribution is -0.123. The van der Waals surface area contributed by atoms with E-state index in [0.29, 0.717) is 27.8 Å². The molecule has 0 bridgehead atoms. The number of rotatable bonds is 6. The zero-order chi connectivity index (χ0) is 22.8. The zero-order valence-electron chi connectivity index (χ0n) is 18.0. The lowest BCUT2D eigenvalue weighted by atomic mass is 10.1.